The third-order valence-corrected chi connectivity index (χ3v) is 5.93. The SMILES string of the molecule is COc1cccc(-n2nc(C)c3c(Cl)c(C(=O)NC4CCCCCC4)cnc32)c1. The van der Waals surface area contributed by atoms with Crippen molar-refractivity contribution >= 4 is 28.5 Å². The van der Waals surface area contributed by atoms with Crippen molar-refractivity contribution in [1.82, 2.24) is 20.1 Å². The van der Waals surface area contributed by atoms with Crippen molar-refractivity contribution in [3.05, 3.63) is 46.7 Å². The molecule has 1 aromatic carbocycles. The number of aromatic nitrogens is 3. The molecule has 2 heterocycles. The molecule has 4 rings (SSSR count). The molecule has 1 amide bonds. The maximum Gasteiger partial charge on any atom is 0.254 e. The van der Waals surface area contributed by atoms with Gasteiger partial charge in [0.2, 0.25) is 0 Å². The minimum absolute atomic E-state index is 0.162. The van der Waals surface area contributed by atoms with Crippen LogP contribution in [0.25, 0.3) is 16.7 Å². The summed E-state index contributed by atoms with van der Waals surface area (Å²) in [6, 6.07) is 7.79. The van der Waals surface area contributed by atoms with Crippen LogP contribution < -0.4 is 10.1 Å². The number of hydrogen-bond acceptors (Lipinski definition) is 4. The fourth-order valence-corrected chi connectivity index (χ4v) is 4.33. The summed E-state index contributed by atoms with van der Waals surface area (Å²) in [6.45, 7) is 1.87. The normalized spacial score (nSPS) is 15.3. The average molecular weight is 413 g/mol. The molecule has 1 fully saturated rings. The van der Waals surface area contributed by atoms with Gasteiger partial charge in [0.25, 0.3) is 5.91 Å². The monoisotopic (exact) mass is 412 g/mol. The Morgan fingerprint density at radius 3 is 2.72 bits per heavy atom. The Morgan fingerprint density at radius 2 is 2.00 bits per heavy atom. The number of carbonyl (C=O) groups is 1. The van der Waals surface area contributed by atoms with Gasteiger partial charge in [0, 0.05) is 18.3 Å². The van der Waals surface area contributed by atoms with Crippen LogP contribution in [-0.2, 0) is 0 Å². The zero-order chi connectivity index (χ0) is 20.4. The predicted octanol–water partition coefficient (Wildman–Crippen LogP) is 4.84. The minimum atomic E-state index is -0.162. The number of nitrogens with one attached hydrogen (secondary N) is 1. The maximum absolute atomic E-state index is 12.9. The molecule has 0 aliphatic heterocycles. The van der Waals surface area contributed by atoms with Gasteiger partial charge in [-0.05, 0) is 31.9 Å². The highest BCUT2D eigenvalue weighted by Crippen LogP contribution is 2.31. The fraction of sp³-hybridized carbons (Fsp3) is 0.409. The molecule has 0 bridgehead atoms. The summed E-state index contributed by atoms with van der Waals surface area (Å²) in [7, 11) is 1.62. The van der Waals surface area contributed by atoms with Crippen LogP contribution in [0.15, 0.2) is 30.5 Å². The Morgan fingerprint density at radius 1 is 1.24 bits per heavy atom. The lowest BCUT2D eigenvalue weighted by Crippen LogP contribution is -2.34. The van der Waals surface area contributed by atoms with Gasteiger partial charge in [-0.25, -0.2) is 9.67 Å². The van der Waals surface area contributed by atoms with E-state index >= 15 is 0 Å². The first-order valence-electron chi connectivity index (χ1n) is 10.1. The number of ether oxygens (including phenoxy) is 1. The second-order valence-electron chi connectivity index (χ2n) is 7.55. The van der Waals surface area contributed by atoms with Gasteiger partial charge < -0.3 is 10.1 Å². The standard InChI is InChI=1S/C22H25ClN4O2/c1-14-19-20(23)18(22(28)25-15-8-5-3-4-6-9-15)13-24-21(19)27(26-14)16-10-7-11-17(12-16)29-2/h7,10-13,15H,3-6,8-9H2,1-2H3,(H,25,28). The van der Waals surface area contributed by atoms with Gasteiger partial charge in [0.15, 0.2) is 5.65 Å². The van der Waals surface area contributed by atoms with E-state index in [1.54, 1.807) is 18.0 Å². The number of benzene rings is 1. The number of fused-ring (bicyclic) bond motifs is 1. The molecule has 29 heavy (non-hydrogen) atoms. The van der Waals surface area contributed by atoms with Crippen molar-refractivity contribution in [2.45, 2.75) is 51.5 Å². The van der Waals surface area contributed by atoms with Gasteiger partial charge in [0.1, 0.15) is 5.75 Å². The molecule has 1 saturated carbocycles. The number of rotatable bonds is 4. The molecule has 152 valence electrons. The lowest BCUT2D eigenvalue weighted by molar-refractivity contribution is 0.0933. The topological polar surface area (TPSA) is 69.0 Å². The molecule has 6 nitrogen and oxygen atoms in total. The van der Waals surface area contributed by atoms with Crippen LogP contribution >= 0.6 is 11.6 Å². The van der Waals surface area contributed by atoms with E-state index < -0.39 is 0 Å². The van der Waals surface area contributed by atoms with Crippen molar-refractivity contribution < 1.29 is 9.53 Å². The first-order valence-corrected chi connectivity index (χ1v) is 10.5. The molecule has 2 aromatic heterocycles. The van der Waals surface area contributed by atoms with E-state index in [1.165, 1.54) is 12.8 Å². The number of pyridine rings is 1. The summed E-state index contributed by atoms with van der Waals surface area (Å²) in [5.74, 6) is 0.569. The Bertz CT molecular complexity index is 1040. The summed E-state index contributed by atoms with van der Waals surface area (Å²) in [5, 5.41) is 8.85. The molecule has 1 aliphatic rings. The molecule has 0 atom stereocenters. The first-order chi connectivity index (χ1) is 14.1. The number of nitrogens with zero attached hydrogens (tertiary/aromatic N) is 3. The number of hydrogen-bond donors (Lipinski definition) is 1. The van der Waals surface area contributed by atoms with Crippen LogP contribution in [0.4, 0.5) is 0 Å². The predicted molar refractivity (Wildman–Crippen MR) is 114 cm³/mol. The van der Waals surface area contributed by atoms with Crippen LogP contribution in [-0.4, -0.2) is 33.8 Å². The van der Waals surface area contributed by atoms with Crippen LogP contribution in [0, 0.1) is 6.92 Å². The summed E-state index contributed by atoms with van der Waals surface area (Å²) in [4.78, 5) is 17.4. The van der Waals surface area contributed by atoms with Crippen LogP contribution in [0.3, 0.4) is 0 Å². The summed E-state index contributed by atoms with van der Waals surface area (Å²) < 4.78 is 7.04. The Hall–Kier alpha value is -2.60. The van der Waals surface area contributed by atoms with E-state index in [-0.39, 0.29) is 11.9 Å². The lowest BCUT2D eigenvalue weighted by Gasteiger charge is -2.16. The molecular weight excluding hydrogens is 388 g/mol. The smallest absolute Gasteiger partial charge is 0.254 e. The minimum Gasteiger partial charge on any atom is -0.497 e. The van der Waals surface area contributed by atoms with E-state index in [9.17, 15) is 4.79 Å². The highest BCUT2D eigenvalue weighted by molar-refractivity contribution is 6.38. The van der Waals surface area contributed by atoms with Gasteiger partial charge in [-0.3, -0.25) is 4.79 Å². The Balaban J connectivity index is 1.69. The molecule has 3 aromatic rings. The molecule has 1 N–H and O–H groups in total. The first kappa shape index (κ1) is 19.7. The van der Waals surface area contributed by atoms with Crippen molar-refractivity contribution in [3.8, 4) is 11.4 Å². The lowest BCUT2D eigenvalue weighted by atomic mass is 10.1. The fourth-order valence-electron chi connectivity index (χ4n) is 3.98. The second-order valence-corrected chi connectivity index (χ2v) is 7.92. The quantitative estimate of drug-likeness (QED) is 0.622. The maximum atomic E-state index is 12.9. The van der Waals surface area contributed by atoms with Crippen molar-refractivity contribution in [3.63, 3.8) is 0 Å². The van der Waals surface area contributed by atoms with E-state index in [0.29, 0.717) is 21.6 Å². The van der Waals surface area contributed by atoms with E-state index in [1.807, 2.05) is 31.2 Å². The van der Waals surface area contributed by atoms with Crippen molar-refractivity contribution in [2.75, 3.05) is 7.11 Å². The van der Waals surface area contributed by atoms with Gasteiger partial charge in [-0.1, -0.05) is 43.4 Å². The molecule has 0 unspecified atom stereocenters. The number of amides is 1. The Kier molecular flexibility index (Phi) is 5.72. The van der Waals surface area contributed by atoms with E-state index in [2.05, 4.69) is 15.4 Å². The molecule has 0 saturated heterocycles. The summed E-state index contributed by atoms with van der Waals surface area (Å²) in [6.07, 6.45) is 8.38. The van der Waals surface area contributed by atoms with Gasteiger partial charge in [0.05, 0.1) is 34.5 Å². The summed E-state index contributed by atoms with van der Waals surface area (Å²) >= 11 is 6.67. The van der Waals surface area contributed by atoms with Crippen LogP contribution in [0.2, 0.25) is 5.02 Å². The molecule has 0 radical (unpaired) electrons. The van der Waals surface area contributed by atoms with Crippen molar-refractivity contribution in [1.29, 1.82) is 0 Å². The van der Waals surface area contributed by atoms with Crippen LogP contribution in [0.5, 0.6) is 5.75 Å². The molecule has 7 heteroatoms. The van der Waals surface area contributed by atoms with Gasteiger partial charge in [-0.2, -0.15) is 5.10 Å². The average Bonchev–Trinajstić information content (AvgIpc) is 2.89. The highest BCUT2D eigenvalue weighted by atomic mass is 35.5. The summed E-state index contributed by atoms with van der Waals surface area (Å²) in [5.41, 5.74) is 2.56. The highest BCUT2D eigenvalue weighted by Gasteiger charge is 2.22. The molecule has 0 spiro atoms. The third kappa shape index (κ3) is 3.94. The number of aryl methyl sites for hydroxylation is 1. The van der Waals surface area contributed by atoms with Crippen molar-refractivity contribution in [2.24, 2.45) is 0 Å². The third-order valence-electron chi connectivity index (χ3n) is 5.54. The molecule has 1 aliphatic carbocycles. The van der Waals surface area contributed by atoms with E-state index in [0.717, 1.165) is 42.8 Å². The number of methoxy groups -OCH3 is 1. The number of carbonyl (C=O) groups excluding carboxylic acids is 1. The Labute approximate surface area is 175 Å². The van der Waals surface area contributed by atoms with Gasteiger partial charge in [-0.15, -0.1) is 0 Å². The largest absolute Gasteiger partial charge is 0.497 e. The zero-order valence-corrected chi connectivity index (χ0v) is 17.5. The number of halogens is 1. The van der Waals surface area contributed by atoms with Gasteiger partial charge >= 0.3 is 0 Å². The van der Waals surface area contributed by atoms with Crippen LogP contribution in [0.1, 0.15) is 54.6 Å². The molecular formula is C22H25ClN4O2. The van der Waals surface area contributed by atoms with E-state index in [4.69, 9.17) is 16.3 Å². The zero-order valence-electron chi connectivity index (χ0n) is 16.7. The second kappa shape index (κ2) is 8.41.